The molecule has 0 aliphatic heterocycles. The number of fused-ring (bicyclic) bond motifs is 1. The number of amides is 2. The van der Waals surface area contributed by atoms with Crippen LogP contribution >= 0.6 is 0 Å². The highest BCUT2D eigenvalue weighted by atomic mass is 32.2. The zero-order valence-corrected chi connectivity index (χ0v) is 21.3. The van der Waals surface area contributed by atoms with Gasteiger partial charge in [-0.3, -0.25) is 9.55 Å². The molecule has 0 radical (unpaired) electrons. The normalized spacial score (nSPS) is 18.0. The number of sulfonamides is 1. The molecule has 2 amide bonds. The number of carbonyl (C=O) groups is 1. The summed E-state index contributed by atoms with van der Waals surface area (Å²) < 4.78 is 29.0. The fourth-order valence-electron chi connectivity index (χ4n) is 4.82. The number of pyridine rings is 1. The van der Waals surface area contributed by atoms with Gasteiger partial charge in [-0.1, -0.05) is 42.9 Å². The molecular formula is C26H31N5O3S. The van der Waals surface area contributed by atoms with Gasteiger partial charge in [-0.05, 0) is 63.8 Å². The smallest absolute Gasteiger partial charge is 0.325 e. The van der Waals surface area contributed by atoms with E-state index in [2.05, 4.69) is 16.5 Å². The maximum Gasteiger partial charge on any atom is 0.325 e. The first-order chi connectivity index (χ1) is 16.5. The maximum absolute atomic E-state index is 13.0. The lowest BCUT2D eigenvalue weighted by Gasteiger charge is -2.32. The van der Waals surface area contributed by atoms with E-state index < -0.39 is 20.8 Å². The minimum Gasteiger partial charge on any atom is -0.351 e. The van der Waals surface area contributed by atoms with E-state index in [-0.39, 0.29) is 0 Å². The zero-order chi connectivity index (χ0) is 25.4. The van der Waals surface area contributed by atoms with E-state index in [4.69, 9.17) is 10.7 Å². The Labute approximate surface area is 206 Å². The lowest BCUT2D eigenvalue weighted by molar-refractivity contribution is 0.253. The summed E-state index contributed by atoms with van der Waals surface area (Å²) in [5.41, 5.74) is 11.8. The van der Waals surface area contributed by atoms with Crippen LogP contribution in [0.15, 0.2) is 54.1 Å². The molecular weight excluding hydrogens is 462 g/mol. The van der Waals surface area contributed by atoms with Crippen LogP contribution < -0.4 is 10.5 Å². The Morgan fingerprint density at radius 3 is 2.51 bits per heavy atom. The molecule has 0 saturated carbocycles. The molecule has 2 heterocycles. The standard InChI is InChI=1S/C26H31N5O3S/c1-5-23-29-24-19(4)28-18(3)15-22(24)31(23)21-10-8-20(9-11-21)12-14-26(13-6-7-17(2)16-26)35(33,34)30-25(27)32/h6-11,13,15H,5,12,14,16H2,1-4H3,(H3,27,30,32). The summed E-state index contributed by atoms with van der Waals surface area (Å²) in [6, 6.07) is 9.07. The Hall–Kier alpha value is -3.46. The third-order valence-corrected chi connectivity index (χ3v) is 8.52. The Morgan fingerprint density at radius 2 is 1.89 bits per heavy atom. The van der Waals surface area contributed by atoms with Gasteiger partial charge in [-0.15, -0.1) is 0 Å². The molecule has 2 aromatic heterocycles. The lowest BCUT2D eigenvalue weighted by atomic mass is 9.89. The summed E-state index contributed by atoms with van der Waals surface area (Å²) >= 11 is 0. The number of hydrogen-bond acceptors (Lipinski definition) is 5. The van der Waals surface area contributed by atoms with E-state index >= 15 is 0 Å². The van der Waals surface area contributed by atoms with Gasteiger partial charge in [0.25, 0.3) is 0 Å². The van der Waals surface area contributed by atoms with Crippen molar-refractivity contribution in [3.8, 4) is 5.69 Å². The van der Waals surface area contributed by atoms with Crippen molar-refractivity contribution >= 4 is 27.1 Å². The van der Waals surface area contributed by atoms with Crippen LogP contribution in [0.5, 0.6) is 0 Å². The maximum atomic E-state index is 13.0. The highest BCUT2D eigenvalue weighted by Crippen LogP contribution is 2.35. The average Bonchev–Trinajstić information content (AvgIpc) is 3.16. The molecule has 1 aliphatic rings. The van der Waals surface area contributed by atoms with Crippen molar-refractivity contribution in [2.45, 2.75) is 58.1 Å². The van der Waals surface area contributed by atoms with Gasteiger partial charge < -0.3 is 5.73 Å². The number of imidazole rings is 1. The number of aromatic nitrogens is 3. The van der Waals surface area contributed by atoms with Crippen LogP contribution in [0.1, 0.15) is 49.5 Å². The van der Waals surface area contributed by atoms with Gasteiger partial charge in [0.2, 0.25) is 10.0 Å². The van der Waals surface area contributed by atoms with Crippen molar-refractivity contribution in [1.29, 1.82) is 0 Å². The molecule has 1 atom stereocenters. The van der Waals surface area contributed by atoms with Crippen LogP contribution in [0.3, 0.4) is 0 Å². The van der Waals surface area contributed by atoms with Crippen molar-refractivity contribution in [2.75, 3.05) is 0 Å². The number of nitrogens with two attached hydrogens (primary N) is 1. The van der Waals surface area contributed by atoms with Crippen molar-refractivity contribution in [2.24, 2.45) is 5.73 Å². The van der Waals surface area contributed by atoms with E-state index in [1.807, 2.05) is 61.9 Å². The summed E-state index contributed by atoms with van der Waals surface area (Å²) in [7, 11) is -4.00. The van der Waals surface area contributed by atoms with Gasteiger partial charge in [0.1, 0.15) is 16.1 Å². The Bertz CT molecular complexity index is 1450. The molecule has 0 saturated heterocycles. The zero-order valence-electron chi connectivity index (χ0n) is 20.5. The summed E-state index contributed by atoms with van der Waals surface area (Å²) in [4.78, 5) is 20.7. The summed E-state index contributed by atoms with van der Waals surface area (Å²) in [6.07, 6.45) is 7.19. The van der Waals surface area contributed by atoms with Gasteiger partial charge in [0.05, 0.1) is 11.2 Å². The second-order valence-corrected chi connectivity index (χ2v) is 11.2. The molecule has 0 bridgehead atoms. The molecule has 0 fully saturated rings. The first kappa shape index (κ1) is 24.7. The minimum absolute atomic E-state index is 0.303. The third kappa shape index (κ3) is 4.73. The van der Waals surface area contributed by atoms with Crippen molar-refractivity contribution in [1.82, 2.24) is 19.3 Å². The monoisotopic (exact) mass is 493 g/mol. The number of carbonyl (C=O) groups excluding carboxylic acids is 1. The van der Waals surface area contributed by atoms with E-state index in [0.29, 0.717) is 19.3 Å². The molecule has 0 spiro atoms. The number of rotatable bonds is 7. The summed E-state index contributed by atoms with van der Waals surface area (Å²) in [5.74, 6) is 0.959. The number of aryl methyl sites for hydroxylation is 4. The van der Waals surface area contributed by atoms with Crippen LogP contribution in [0, 0.1) is 13.8 Å². The van der Waals surface area contributed by atoms with Crippen LogP contribution in [0.4, 0.5) is 4.79 Å². The average molecular weight is 494 g/mol. The van der Waals surface area contributed by atoms with E-state index in [0.717, 1.165) is 51.5 Å². The SMILES string of the molecule is CCc1nc2c(C)nc(C)cc2n1-c1ccc(CCC2(S(=O)(=O)NC(N)=O)C=CC=C(C)C2)cc1. The van der Waals surface area contributed by atoms with Gasteiger partial charge in [0.15, 0.2) is 0 Å². The van der Waals surface area contributed by atoms with E-state index in [1.165, 1.54) is 0 Å². The number of nitrogens with one attached hydrogen (secondary N) is 1. The van der Waals surface area contributed by atoms with Gasteiger partial charge in [0, 0.05) is 17.8 Å². The molecule has 184 valence electrons. The molecule has 3 N–H and O–H groups in total. The first-order valence-electron chi connectivity index (χ1n) is 11.7. The second-order valence-electron chi connectivity index (χ2n) is 9.18. The lowest BCUT2D eigenvalue weighted by Crippen LogP contribution is -2.49. The van der Waals surface area contributed by atoms with E-state index in [9.17, 15) is 13.2 Å². The van der Waals surface area contributed by atoms with Gasteiger partial charge in [-0.2, -0.15) is 0 Å². The van der Waals surface area contributed by atoms with Crippen molar-refractivity contribution in [3.05, 3.63) is 76.9 Å². The number of primary amides is 1. The second kappa shape index (κ2) is 9.30. The van der Waals surface area contributed by atoms with Gasteiger partial charge >= 0.3 is 6.03 Å². The van der Waals surface area contributed by atoms with Crippen LogP contribution in [-0.4, -0.2) is 33.7 Å². The number of nitrogens with zero attached hydrogens (tertiary/aromatic N) is 3. The fourth-order valence-corrected chi connectivity index (χ4v) is 6.34. The summed E-state index contributed by atoms with van der Waals surface area (Å²) in [5, 5.41) is 0. The van der Waals surface area contributed by atoms with Crippen molar-refractivity contribution in [3.63, 3.8) is 0 Å². The van der Waals surface area contributed by atoms with E-state index in [1.54, 1.807) is 12.2 Å². The highest BCUT2D eigenvalue weighted by molar-refractivity contribution is 7.91. The van der Waals surface area contributed by atoms with Crippen LogP contribution in [-0.2, 0) is 22.9 Å². The largest absolute Gasteiger partial charge is 0.351 e. The Kier molecular flexibility index (Phi) is 6.55. The molecule has 3 aromatic rings. The van der Waals surface area contributed by atoms with Gasteiger partial charge in [-0.25, -0.2) is 22.9 Å². The Morgan fingerprint density at radius 1 is 1.17 bits per heavy atom. The molecule has 1 aliphatic carbocycles. The van der Waals surface area contributed by atoms with Crippen LogP contribution in [0.25, 0.3) is 16.7 Å². The predicted octanol–water partition coefficient (Wildman–Crippen LogP) is 4.18. The quantitative estimate of drug-likeness (QED) is 0.512. The number of allylic oxidation sites excluding steroid dienone is 3. The molecule has 1 aromatic carbocycles. The summed E-state index contributed by atoms with van der Waals surface area (Å²) in [6.45, 7) is 7.91. The molecule has 35 heavy (non-hydrogen) atoms. The number of hydrogen-bond donors (Lipinski definition) is 2. The molecule has 1 unspecified atom stereocenters. The van der Waals surface area contributed by atoms with Crippen molar-refractivity contribution < 1.29 is 13.2 Å². The number of benzene rings is 1. The van der Waals surface area contributed by atoms with Crippen LogP contribution in [0.2, 0.25) is 0 Å². The molecule has 4 rings (SSSR count). The highest BCUT2D eigenvalue weighted by Gasteiger charge is 2.43. The fraction of sp³-hybridized carbons (Fsp3) is 0.346. The minimum atomic E-state index is -4.00. The third-order valence-electron chi connectivity index (χ3n) is 6.49. The molecule has 8 nitrogen and oxygen atoms in total. The molecule has 9 heteroatoms. The number of urea groups is 1. The first-order valence-corrected chi connectivity index (χ1v) is 13.2. The topological polar surface area (TPSA) is 120 Å². The predicted molar refractivity (Wildman–Crippen MR) is 138 cm³/mol. The Balaban J connectivity index is 1.63.